The highest BCUT2D eigenvalue weighted by Crippen LogP contribution is 2.37. The molecular formula is C24H35N3O8. The number of hydrogen-bond donors (Lipinski definition) is 4. The summed E-state index contributed by atoms with van der Waals surface area (Å²) in [6, 6.07) is 1.69. The van der Waals surface area contributed by atoms with E-state index >= 15 is 0 Å². The summed E-state index contributed by atoms with van der Waals surface area (Å²) in [5.41, 5.74) is -0.189. The van der Waals surface area contributed by atoms with Crippen molar-refractivity contribution in [3.63, 3.8) is 0 Å². The quantitative estimate of drug-likeness (QED) is 0.375. The molecule has 1 aliphatic carbocycles. The molecule has 0 heterocycles. The molecule has 2 rings (SSSR count). The van der Waals surface area contributed by atoms with Gasteiger partial charge < -0.3 is 35.2 Å². The van der Waals surface area contributed by atoms with E-state index in [4.69, 9.17) is 4.74 Å². The Bertz CT molecular complexity index is 939. The van der Waals surface area contributed by atoms with E-state index in [1.165, 1.54) is 18.1 Å². The number of esters is 1. The van der Waals surface area contributed by atoms with E-state index in [1.807, 2.05) is 0 Å². The van der Waals surface area contributed by atoms with Crippen LogP contribution in [0.2, 0.25) is 0 Å². The first kappa shape index (κ1) is 27.9. The summed E-state index contributed by atoms with van der Waals surface area (Å²) in [7, 11) is 1.18. The van der Waals surface area contributed by atoms with Gasteiger partial charge in [-0.1, -0.05) is 18.2 Å². The van der Waals surface area contributed by atoms with Crippen molar-refractivity contribution >= 4 is 23.9 Å². The molecule has 2 unspecified atom stereocenters. The van der Waals surface area contributed by atoms with Crippen LogP contribution in [-0.2, 0) is 23.9 Å². The molecule has 1 fully saturated rings. The Balaban J connectivity index is 2.47. The predicted octanol–water partition coefficient (Wildman–Crippen LogP) is 1.30. The maximum Gasteiger partial charge on any atom is 0.408 e. The van der Waals surface area contributed by atoms with Crippen molar-refractivity contribution < 1.29 is 38.9 Å². The Morgan fingerprint density at radius 3 is 2.37 bits per heavy atom. The molecule has 1 aromatic rings. The van der Waals surface area contributed by atoms with Crippen LogP contribution in [0.3, 0.4) is 0 Å². The summed E-state index contributed by atoms with van der Waals surface area (Å²) >= 11 is 0. The van der Waals surface area contributed by atoms with Gasteiger partial charge in [-0.05, 0) is 52.5 Å². The lowest BCUT2D eigenvalue weighted by Gasteiger charge is -2.43. The van der Waals surface area contributed by atoms with Gasteiger partial charge in [0.25, 0.3) is 0 Å². The first-order chi connectivity index (χ1) is 16.4. The van der Waals surface area contributed by atoms with E-state index in [9.17, 15) is 29.4 Å². The van der Waals surface area contributed by atoms with Crippen LogP contribution in [0, 0.1) is 6.92 Å². The minimum atomic E-state index is -1.40. The van der Waals surface area contributed by atoms with Gasteiger partial charge in [-0.15, -0.1) is 0 Å². The van der Waals surface area contributed by atoms with E-state index < -0.39 is 54.7 Å². The fraction of sp³-hybridized carbons (Fsp3) is 0.583. The zero-order chi connectivity index (χ0) is 26.3. The van der Waals surface area contributed by atoms with Crippen molar-refractivity contribution in [2.24, 2.45) is 0 Å². The molecule has 0 bridgehead atoms. The number of aromatic hydroxyl groups is 1. The number of phenolic OH excluding ortho intramolecular Hbond substituents is 1. The van der Waals surface area contributed by atoms with E-state index in [0.717, 1.165) is 6.42 Å². The Morgan fingerprint density at radius 1 is 1.20 bits per heavy atom. The highest BCUT2D eigenvalue weighted by Gasteiger charge is 2.43. The van der Waals surface area contributed by atoms with Crippen LogP contribution >= 0.6 is 0 Å². The number of nitrogens with one attached hydrogen (secondary N) is 2. The Labute approximate surface area is 204 Å². The molecule has 4 N–H and O–H groups in total. The minimum Gasteiger partial charge on any atom is -0.507 e. The van der Waals surface area contributed by atoms with E-state index in [0.29, 0.717) is 18.4 Å². The number of aliphatic hydroxyl groups is 1. The van der Waals surface area contributed by atoms with Crippen LogP contribution in [0.1, 0.15) is 57.2 Å². The number of para-hydroxylation sites is 1. The van der Waals surface area contributed by atoms with Crippen LogP contribution < -0.4 is 10.6 Å². The third kappa shape index (κ3) is 7.32. The van der Waals surface area contributed by atoms with Crippen LogP contribution in [0.25, 0.3) is 0 Å². The number of ether oxygens (including phenoxy) is 2. The molecule has 11 nitrogen and oxygen atoms in total. The maximum absolute atomic E-state index is 13.7. The van der Waals surface area contributed by atoms with Crippen molar-refractivity contribution in [1.29, 1.82) is 0 Å². The number of aliphatic hydroxyl groups excluding tert-OH is 1. The van der Waals surface area contributed by atoms with E-state index in [2.05, 4.69) is 15.4 Å². The van der Waals surface area contributed by atoms with Crippen LogP contribution in [0.15, 0.2) is 18.2 Å². The molecule has 0 radical (unpaired) electrons. The van der Waals surface area contributed by atoms with Gasteiger partial charge in [-0.25, -0.2) is 4.79 Å². The zero-order valence-corrected chi connectivity index (χ0v) is 20.8. The second kappa shape index (κ2) is 11.9. The molecule has 0 saturated heterocycles. The highest BCUT2D eigenvalue weighted by molar-refractivity contribution is 5.94. The number of alkyl carbamates (subject to hydrolysis) is 1. The van der Waals surface area contributed by atoms with Crippen LogP contribution in [-0.4, -0.2) is 76.9 Å². The fourth-order valence-electron chi connectivity index (χ4n) is 3.65. The molecular weight excluding hydrogens is 458 g/mol. The Kier molecular flexibility index (Phi) is 9.47. The number of phenols is 1. The summed E-state index contributed by atoms with van der Waals surface area (Å²) < 4.78 is 9.78. The van der Waals surface area contributed by atoms with Crippen molar-refractivity contribution in [1.82, 2.24) is 15.5 Å². The van der Waals surface area contributed by atoms with Crippen molar-refractivity contribution in [2.75, 3.05) is 20.3 Å². The summed E-state index contributed by atoms with van der Waals surface area (Å²) in [6.45, 7) is 5.45. The zero-order valence-electron chi connectivity index (χ0n) is 20.8. The van der Waals surface area contributed by atoms with Crippen LogP contribution in [0.5, 0.6) is 5.75 Å². The predicted molar refractivity (Wildman–Crippen MR) is 125 cm³/mol. The number of amides is 3. The third-order valence-corrected chi connectivity index (χ3v) is 5.62. The molecule has 2 atom stereocenters. The van der Waals surface area contributed by atoms with Crippen molar-refractivity contribution in [3.05, 3.63) is 29.3 Å². The van der Waals surface area contributed by atoms with Gasteiger partial charge in [0, 0.05) is 11.6 Å². The first-order valence-electron chi connectivity index (χ1n) is 11.4. The van der Waals surface area contributed by atoms with Gasteiger partial charge >= 0.3 is 12.1 Å². The number of carbonyl (C=O) groups excluding carboxylic acids is 4. The number of nitrogens with zero attached hydrogens (tertiary/aromatic N) is 1. The smallest absolute Gasteiger partial charge is 0.408 e. The lowest BCUT2D eigenvalue weighted by molar-refractivity contribution is -0.149. The Morgan fingerprint density at radius 2 is 1.86 bits per heavy atom. The van der Waals surface area contributed by atoms with E-state index in [1.54, 1.807) is 39.8 Å². The second-order valence-electron chi connectivity index (χ2n) is 9.42. The SMILES string of the molecule is COC(=O)CNC(=O)C(c1cccc(C)c1O)N(C(=O)C(CO)NC(=O)OC(C)(C)C)C1CCC1. The molecule has 194 valence electrons. The lowest BCUT2D eigenvalue weighted by atomic mass is 9.87. The van der Waals surface area contributed by atoms with Gasteiger partial charge in [0.2, 0.25) is 11.8 Å². The number of hydrogen-bond acceptors (Lipinski definition) is 8. The highest BCUT2D eigenvalue weighted by atomic mass is 16.6. The second-order valence-corrected chi connectivity index (χ2v) is 9.42. The van der Waals surface area contributed by atoms with Gasteiger partial charge in [0.15, 0.2) is 0 Å². The molecule has 1 aromatic carbocycles. The topological polar surface area (TPSA) is 154 Å². The molecule has 11 heteroatoms. The standard InChI is InChI=1S/C24H35N3O8/c1-14-8-6-11-16(20(14)30)19(21(31)25-12-18(29)34-5)27(15-9-7-10-15)22(32)17(13-28)26-23(33)35-24(2,3)4/h6,8,11,15,17,19,28,30H,7,9-10,12-13H2,1-5H3,(H,25,31)(H,26,33). The van der Waals surface area contributed by atoms with Gasteiger partial charge in [0.1, 0.15) is 30.0 Å². The number of carbonyl (C=O) groups is 4. The number of benzene rings is 1. The van der Waals surface area contributed by atoms with Gasteiger partial charge in [0.05, 0.1) is 13.7 Å². The normalized spacial score (nSPS) is 15.3. The number of methoxy groups -OCH3 is 1. The molecule has 0 aliphatic heterocycles. The van der Waals surface area contributed by atoms with Crippen molar-refractivity contribution in [3.8, 4) is 5.75 Å². The summed E-state index contributed by atoms with van der Waals surface area (Å²) in [6.07, 6.45) is 1.09. The Hall–Kier alpha value is -3.34. The molecule has 3 amide bonds. The van der Waals surface area contributed by atoms with Crippen molar-refractivity contribution in [2.45, 2.75) is 70.7 Å². The molecule has 1 saturated carbocycles. The average Bonchev–Trinajstić information content (AvgIpc) is 2.75. The van der Waals surface area contributed by atoms with Gasteiger partial charge in [-0.3, -0.25) is 14.4 Å². The monoisotopic (exact) mass is 493 g/mol. The maximum atomic E-state index is 13.7. The third-order valence-electron chi connectivity index (χ3n) is 5.62. The van der Waals surface area contributed by atoms with E-state index in [-0.39, 0.29) is 17.4 Å². The minimum absolute atomic E-state index is 0.154. The summed E-state index contributed by atoms with van der Waals surface area (Å²) in [4.78, 5) is 52.2. The fourth-order valence-corrected chi connectivity index (χ4v) is 3.65. The molecule has 1 aliphatic rings. The average molecular weight is 494 g/mol. The van der Waals surface area contributed by atoms with Crippen LogP contribution in [0.4, 0.5) is 4.79 Å². The number of rotatable bonds is 9. The molecule has 0 spiro atoms. The summed E-state index contributed by atoms with van der Waals surface area (Å²) in [5, 5.41) is 25.5. The lowest BCUT2D eigenvalue weighted by Crippen LogP contribution is -2.58. The summed E-state index contributed by atoms with van der Waals surface area (Å²) in [5.74, 6) is -2.30. The number of aryl methyl sites for hydroxylation is 1. The largest absolute Gasteiger partial charge is 0.507 e. The molecule has 0 aromatic heterocycles. The van der Waals surface area contributed by atoms with Gasteiger partial charge in [-0.2, -0.15) is 0 Å². The first-order valence-corrected chi connectivity index (χ1v) is 11.4. The molecule has 35 heavy (non-hydrogen) atoms.